The van der Waals surface area contributed by atoms with E-state index in [-0.39, 0.29) is 6.42 Å². The Kier molecular flexibility index (Phi) is 3.87. The van der Waals surface area contributed by atoms with Crippen LogP contribution in [0.15, 0.2) is 0 Å². The summed E-state index contributed by atoms with van der Waals surface area (Å²) in [4.78, 5) is 30.5. The van der Waals surface area contributed by atoms with Crippen LogP contribution in [0.4, 0.5) is 0 Å². The summed E-state index contributed by atoms with van der Waals surface area (Å²) in [6.45, 7) is 1.22. The minimum absolute atomic E-state index is 0.372. The van der Waals surface area contributed by atoms with Crippen LogP contribution in [0.5, 0.6) is 0 Å². The summed E-state index contributed by atoms with van der Waals surface area (Å²) in [7, 11) is 0. The van der Waals surface area contributed by atoms with Gasteiger partial charge < -0.3 is 15.2 Å². The molecule has 0 rings (SSSR count). The van der Waals surface area contributed by atoms with E-state index < -0.39 is 17.9 Å². The van der Waals surface area contributed by atoms with Crippen LogP contribution < -0.4 is 5.32 Å². The van der Waals surface area contributed by atoms with Crippen molar-refractivity contribution in [1.29, 1.82) is 0 Å². The molecule has 1 amide bonds. The van der Waals surface area contributed by atoms with E-state index >= 15 is 0 Å². The standard InChI is InChI=1S/C6H9NO4/c1-4(9)7-5(3-8)2-6(10)11/h3,5H,2H2,1H3,(H,7,9)(H,10,11). The molecule has 0 aromatic heterocycles. The van der Waals surface area contributed by atoms with E-state index in [0.29, 0.717) is 6.29 Å². The van der Waals surface area contributed by atoms with Gasteiger partial charge in [-0.15, -0.1) is 0 Å². The van der Waals surface area contributed by atoms with E-state index in [4.69, 9.17) is 5.11 Å². The molecule has 0 spiro atoms. The molecule has 0 aromatic carbocycles. The van der Waals surface area contributed by atoms with Gasteiger partial charge in [0.1, 0.15) is 6.29 Å². The Hall–Kier alpha value is -1.39. The molecule has 0 radical (unpaired) electrons. The average Bonchev–Trinajstić information content (AvgIpc) is 1.84. The SMILES string of the molecule is CC(=O)NC(C=O)CC(=O)O. The number of carboxylic acid groups (broad SMARTS) is 1. The van der Waals surface area contributed by atoms with Gasteiger partial charge in [-0.3, -0.25) is 9.59 Å². The van der Waals surface area contributed by atoms with Gasteiger partial charge in [0.2, 0.25) is 5.91 Å². The molecule has 0 aliphatic carbocycles. The lowest BCUT2D eigenvalue weighted by atomic mass is 10.2. The predicted molar refractivity (Wildman–Crippen MR) is 35.9 cm³/mol. The number of carboxylic acids is 1. The van der Waals surface area contributed by atoms with Crippen LogP contribution in [-0.4, -0.2) is 29.3 Å². The Morgan fingerprint density at radius 2 is 2.18 bits per heavy atom. The quantitative estimate of drug-likeness (QED) is 0.524. The molecule has 5 nitrogen and oxygen atoms in total. The second-order valence-electron chi connectivity index (χ2n) is 2.04. The minimum Gasteiger partial charge on any atom is -0.481 e. The molecule has 1 unspecified atom stereocenters. The number of hydrogen-bond acceptors (Lipinski definition) is 3. The summed E-state index contributed by atoms with van der Waals surface area (Å²) in [5, 5.41) is 10.4. The average molecular weight is 159 g/mol. The van der Waals surface area contributed by atoms with E-state index in [1.54, 1.807) is 0 Å². The van der Waals surface area contributed by atoms with Crippen molar-refractivity contribution >= 4 is 18.2 Å². The van der Waals surface area contributed by atoms with Crippen LogP contribution >= 0.6 is 0 Å². The molecule has 0 saturated heterocycles. The Labute approximate surface area is 63.4 Å². The van der Waals surface area contributed by atoms with Gasteiger partial charge in [0.15, 0.2) is 0 Å². The zero-order valence-corrected chi connectivity index (χ0v) is 6.03. The lowest BCUT2D eigenvalue weighted by Gasteiger charge is -2.06. The molecular weight excluding hydrogens is 150 g/mol. The van der Waals surface area contributed by atoms with Crippen LogP contribution in [0.3, 0.4) is 0 Å². The molecule has 62 valence electrons. The largest absolute Gasteiger partial charge is 0.481 e. The molecule has 0 aromatic rings. The topological polar surface area (TPSA) is 83.5 Å². The maximum absolute atomic E-state index is 10.3. The third-order valence-corrected chi connectivity index (χ3v) is 0.947. The van der Waals surface area contributed by atoms with Crippen molar-refractivity contribution in [2.75, 3.05) is 0 Å². The van der Waals surface area contributed by atoms with E-state index in [1.165, 1.54) is 6.92 Å². The molecule has 0 aliphatic rings. The Morgan fingerprint density at radius 3 is 2.45 bits per heavy atom. The minimum atomic E-state index is -1.11. The number of carbonyl (C=O) groups is 3. The Bertz CT molecular complexity index is 161. The summed E-state index contributed by atoms with van der Waals surface area (Å²) in [6.07, 6.45) is 0.0264. The van der Waals surface area contributed by atoms with Crippen molar-refractivity contribution in [2.24, 2.45) is 0 Å². The lowest BCUT2D eigenvalue weighted by molar-refractivity contribution is -0.138. The van der Waals surface area contributed by atoms with E-state index in [0.717, 1.165) is 0 Å². The third-order valence-electron chi connectivity index (χ3n) is 0.947. The number of hydrogen-bond donors (Lipinski definition) is 2. The highest BCUT2D eigenvalue weighted by atomic mass is 16.4. The van der Waals surface area contributed by atoms with Crippen molar-refractivity contribution < 1.29 is 19.5 Å². The van der Waals surface area contributed by atoms with Crippen molar-refractivity contribution in [3.8, 4) is 0 Å². The summed E-state index contributed by atoms with van der Waals surface area (Å²) in [6, 6.07) is -0.912. The fraction of sp³-hybridized carbons (Fsp3) is 0.500. The van der Waals surface area contributed by atoms with Crippen LogP contribution in [-0.2, 0) is 14.4 Å². The number of aliphatic carboxylic acids is 1. The zero-order valence-electron chi connectivity index (χ0n) is 6.03. The second-order valence-corrected chi connectivity index (χ2v) is 2.04. The summed E-state index contributed by atoms with van der Waals surface area (Å²) in [5.74, 6) is -1.53. The number of amides is 1. The van der Waals surface area contributed by atoms with Gasteiger partial charge in [0, 0.05) is 6.92 Å². The monoisotopic (exact) mass is 159 g/mol. The van der Waals surface area contributed by atoms with Gasteiger partial charge in [0.25, 0.3) is 0 Å². The van der Waals surface area contributed by atoms with Gasteiger partial charge in [-0.05, 0) is 0 Å². The van der Waals surface area contributed by atoms with Gasteiger partial charge in [0.05, 0.1) is 12.5 Å². The van der Waals surface area contributed by atoms with Crippen molar-refractivity contribution in [3.05, 3.63) is 0 Å². The molecule has 11 heavy (non-hydrogen) atoms. The van der Waals surface area contributed by atoms with Gasteiger partial charge in [-0.25, -0.2) is 0 Å². The van der Waals surface area contributed by atoms with Crippen LogP contribution in [0.25, 0.3) is 0 Å². The van der Waals surface area contributed by atoms with Crippen LogP contribution in [0.2, 0.25) is 0 Å². The smallest absolute Gasteiger partial charge is 0.305 e. The van der Waals surface area contributed by atoms with Gasteiger partial charge in [-0.2, -0.15) is 0 Å². The number of rotatable bonds is 4. The van der Waals surface area contributed by atoms with Gasteiger partial charge in [-0.1, -0.05) is 0 Å². The van der Waals surface area contributed by atoms with E-state index in [2.05, 4.69) is 5.32 Å². The molecule has 0 bridgehead atoms. The van der Waals surface area contributed by atoms with E-state index in [9.17, 15) is 14.4 Å². The fourth-order valence-electron chi connectivity index (χ4n) is 0.582. The molecular formula is C6H9NO4. The maximum Gasteiger partial charge on any atom is 0.305 e. The van der Waals surface area contributed by atoms with Gasteiger partial charge >= 0.3 is 5.97 Å². The normalized spacial score (nSPS) is 11.7. The fourth-order valence-corrected chi connectivity index (χ4v) is 0.582. The van der Waals surface area contributed by atoms with E-state index in [1.807, 2.05) is 0 Å². The number of nitrogens with one attached hydrogen (secondary N) is 1. The van der Waals surface area contributed by atoms with Crippen LogP contribution in [0.1, 0.15) is 13.3 Å². The zero-order chi connectivity index (χ0) is 8.85. The predicted octanol–water partition coefficient (Wildman–Crippen LogP) is -0.835. The molecule has 0 saturated carbocycles. The number of carbonyl (C=O) groups excluding carboxylic acids is 2. The van der Waals surface area contributed by atoms with Crippen LogP contribution in [0, 0.1) is 0 Å². The molecule has 5 heteroatoms. The summed E-state index contributed by atoms with van der Waals surface area (Å²) in [5.41, 5.74) is 0. The summed E-state index contributed by atoms with van der Waals surface area (Å²) < 4.78 is 0. The molecule has 0 aliphatic heterocycles. The van der Waals surface area contributed by atoms with Crippen molar-refractivity contribution in [1.82, 2.24) is 5.32 Å². The third kappa shape index (κ3) is 5.07. The maximum atomic E-state index is 10.3. The van der Waals surface area contributed by atoms with Crippen molar-refractivity contribution in [3.63, 3.8) is 0 Å². The Balaban J connectivity index is 3.85. The first-order valence-corrected chi connectivity index (χ1v) is 3.00. The second kappa shape index (κ2) is 4.43. The molecule has 1 atom stereocenters. The first-order chi connectivity index (χ1) is 5.06. The molecule has 2 N–H and O–H groups in total. The summed E-state index contributed by atoms with van der Waals surface area (Å²) >= 11 is 0. The highest BCUT2D eigenvalue weighted by Gasteiger charge is 2.11. The molecule has 0 fully saturated rings. The lowest BCUT2D eigenvalue weighted by Crippen LogP contribution is -2.35. The highest BCUT2D eigenvalue weighted by molar-refractivity contribution is 5.80. The Morgan fingerprint density at radius 1 is 1.64 bits per heavy atom. The molecule has 0 heterocycles. The number of aldehydes is 1. The van der Waals surface area contributed by atoms with Crippen molar-refractivity contribution in [2.45, 2.75) is 19.4 Å². The first-order valence-electron chi connectivity index (χ1n) is 3.00. The highest BCUT2D eigenvalue weighted by Crippen LogP contribution is 1.87. The first kappa shape index (κ1) is 9.61.